The third kappa shape index (κ3) is 3.04. The van der Waals surface area contributed by atoms with Crippen LogP contribution in [0.4, 0.5) is 0 Å². The van der Waals surface area contributed by atoms with Crippen molar-refractivity contribution in [3.8, 4) is 5.75 Å². The standard InChI is InChI=1S/C18H26N2O/c1-5-13(2)20(3)17(12-19)15-10-11-18(21-4)16-9-7-6-8-14(15)16/h6-11,13,17H,5,12,19H2,1-4H3. The first kappa shape index (κ1) is 15.8. The lowest BCUT2D eigenvalue weighted by Crippen LogP contribution is -2.36. The first-order valence-corrected chi connectivity index (χ1v) is 7.61. The van der Waals surface area contributed by atoms with Crippen LogP contribution in [0.2, 0.25) is 0 Å². The van der Waals surface area contributed by atoms with E-state index in [0.717, 1.165) is 17.6 Å². The number of hydrogen-bond acceptors (Lipinski definition) is 3. The number of benzene rings is 2. The molecule has 0 fully saturated rings. The van der Waals surface area contributed by atoms with Gasteiger partial charge in [-0.15, -0.1) is 0 Å². The molecule has 2 unspecified atom stereocenters. The van der Waals surface area contributed by atoms with Crippen LogP contribution in [-0.4, -0.2) is 31.6 Å². The van der Waals surface area contributed by atoms with Gasteiger partial charge in [-0.25, -0.2) is 0 Å². The summed E-state index contributed by atoms with van der Waals surface area (Å²) in [7, 11) is 3.87. The van der Waals surface area contributed by atoms with E-state index in [-0.39, 0.29) is 6.04 Å². The van der Waals surface area contributed by atoms with Crippen LogP contribution >= 0.6 is 0 Å². The molecule has 2 rings (SSSR count). The highest BCUT2D eigenvalue weighted by Crippen LogP contribution is 2.33. The average molecular weight is 286 g/mol. The molecule has 2 atom stereocenters. The van der Waals surface area contributed by atoms with Gasteiger partial charge in [0.2, 0.25) is 0 Å². The SMILES string of the molecule is CCC(C)N(C)C(CN)c1ccc(OC)c2ccccc12. The lowest BCUT2D eigenvalue weighted by atomic mass is 9.96. The van der Waals surface area contributed by atoms with E-state index < -0.39 is 0 Å². The number of methoxy groups -OCH3 is 1. The van der Waals surface area contributed by atoms with Crippen LogP contribution in [0.15, 0.2) is 36.4 Å². The van der Waals surface area contributed by atoms with Crippen LogP contribution in [0, 0.1) is 0 Å². The number of nitrogens with zero attached hydrogens (tertiary/aromatic N) is 1. The van der Waals surface area contributed by atoms with Crippen LogP contribution in [-0.2, 0) is 0 Å². The van der Waals surface area contributed by atoms with Crippen molar-refractivity contribution in [2.75, 3.05) is 20.7 Å². The van der Waals surface area contributed by atoms with Gasteiger partial charge in [-0.1, -0.05) is 37.3 Å². The maximum absolute atomic E-state index is 6.09. The number of hydrogen-bond donors (Lipinski definition) is 1. The molecule has 0 radical (unpaired) electrons. The Bertz CT molecular complexity index is 597. The number of likely N-dealkylation sites (N-methyl/N-ethyl adjacent to an activating group) is 1. The summed E-state index contributed by atoms with van der Waals surface area (Å²) in [6.45, 7) is 5.06. The van der Waals surface area contributed by atoms with E-state index in [9.17, 15) is 0 Å². The summed E-state index contributed by atoms with van der Waals surface area (Å²) in [5.74, 6) is 0.913. The number of fused-ring (bicyclic) bond motifs is 1. The Morgan fingerprint density at radius 1 is 1.14 bits per heavy atom. The minimum atomic E-state index is 0.218. The van der Waals surface area contributed by atoms with Crippen LogP contribution in [0.25, 0.3) is 10.8 Å². The first-order chi connectivity index (χ1) is 10.1. The molecule has 0 bridgehead atoms. The lowest BCUT2D eigenvalue weighted by molar-refractivity contribution is 0.185. The van der Waals surface area contributed by atoms with Gasteiger partial charge in [0.25, 0.3) is 0 Å². The Morgan fingerprint density at radius 3 is 2.38 bits per heavy atom. The molecule has 0 heterocycles. The molecule has 2 aromatic carbocycles. The van der Waals surface area contributed by atoms with E-state index in [0.29, 0.717) is 12.6 Å². The van der Waals surface area contributed by atoms with E-state index in [2.05, 4.69) is 50.1 Å². The number of nitrogens with two attached hydrogens (primary N) is 1. The molecule has 0 aliphatic heterocycles. The second-order valence-electron chi connectivity index (χ2n) is 5.58. The highest BCUT2D eigenvalue weighted by atomic mass is 16.5. The molecule has 0 aromatic heterocycles. The average Bonchev–Trinajstić information content (AvgIpc) is 2.54. The smallest absolute Gasteiger partial charge is 0.126 e. The molecule has 2 aromatic rings. The number of rotatable bonds is 6. The molecule has 0 amide bonds. The zero-order valence-electron chi connectivity index (χ0n) is 13.5. The molecule has 0 saturated carbocycles. The third-order valence-electron chi connectivity index (χ3n) is 4.50. The molecule has 0 saturated heterocycles. The van der Waals surface area contributed by atoms with Crippen molar-refractivity contribution < 1.29 is 4.74 Å². The van der Waals surface area contributed by atoms with E-state index in [1.54, 1.807) is 7.11 Å². The molecule has 3 heteroatoms. The highest BCUT2D eigenvalue weighted by molar-refractivity contribution is 5.91. The third-order valence-corrected chi connectivity index (χ3v) is 4.50. The van der Waals surface area contributed by atoms with Crippen molar-refractivity contribution >= 4 is 10.8 Å². The molecule has 0 aliphatic carbocycles. The maximum atomic E-state index is 6.09. The Kier molecular flexibility index (Phi) is 5.21. The van der Waals surface area contributed by atoms with Crippen molar-refractivity contribution in [2.24, 2.45) is 5.73 Å². The van der Waals surface area contributed by atoms with E-state index in [1.165, 1.54) is 10.9 Å². The van der Waals surface area contributed by atoms with Crippen LogP contribution < -0.4 is 10.5 Å². The van der Waals surface area contributed by atoms with Gasteiger partial charge in [-0.2, -0.15) is 0 Å². The van der Waals surface area contributed by atoms with Gasteiger partial charge in [-0.3, -0.25) is 4.90 Å². The molecule has 0 aliphatic rings. The largest absolute Gasteiger partial charge is 0.496 e. The normalized spacial score (nSPS) is 14.4. The predicted octanol–water partition coefficient (Wildman–Crippen LogP) is 3.58. The Hall–Kier alpha value is -1.58. The van der Waals surface area contributed by atoms with Crippen LogP contribution in [0.1, 0.15) is 31.9 Å². The second kappa shape index (κ2) is 6.92. The van der Waals surface area contributed by atoms with Gasteiger partial charge in [0.1, 0.15) is 5.75 Å². The molecule has 114 valence electrons. The van der Waals surface area contributed by atoms with Crippen LogP contribution in [0.3, 0.4) is 0 Å². The van der Waals surface area contributed by atoms with Gasteiger partial charge < -0.3 is 10.5 Å². The summed E-state index contributed by atoms with van der Waals surface area (Å²) >= 11 is 0. The predicted molar refractivity (Wildman–Crippen MR) is 89.8 cm³/mol. The zero-order valence-corrected chi connectivity index (χ0v) is 13.5. The molecular formula is C18H26N2O. The first-order valence-electron chi connectivity index (χ1n) is 7.61. The van der Waals surface area contributed by atoms with Gasteiger partial charge in [-0.05, 0) is 37.4 Å². The van der Waals surface area contributed by atoms with Crippen molar-refractivity contribution in [2.45, 2.75) is 32.4 Å². The van der Waals surface area contributed by atoms with Gasteiger partial charge in [0.05, 0.1) is 7.11 Å². The van der Waals surface area contributed by atoms with E-state index in [1.807, 2.05) is 12.1 Å². The lowest BCUT2D eigenvalue weighted by Gasteiger charge is -2.33. The van der Waals surface area contributed by atoms with Crippen molar-refractivity contribution in [1.82, 2.24) is 4.90 Å². The fourth-order valence-electron chi connectivity index (χ4n) is 2.87. The fraction of sp³-hybridized carbons (Fsp3) is 0.444. The van der Waals surface area contributed by atoms with Gasteiger partial charge in [0.15, 0.2) is 0 Å². The summed E-state index contributed by atoms with van der Waals surface area (Å²) in [4.78, 5) is 2.37. The molecule has 0 spiro atoms. The number of ether oxygens (including phenoxy) is 1. The molecule has 2 N–H and O–H groups in total. The van der Waals surface area contributed by atoms with Gasteiger partial charge in [0, 0.05) is 24.0 Å². The Labute approximate surface area is 127 Å². The Morgan fingerprint density at radius 2 is 1.81 bits per heavy atom. The van der Waals surface area contributed by atoms with E-state index >= 15 is 0 Å². The minimum absolute atomic E-state index is 0.218. The second-order valence-corrected chi connectivity index (χ2v) is 5.58. The Balaban J connectivity index is 2.54. The summed E-state index contributed by atoms with van der Waals surface area (Å²) in [6, 6.07) is 13.3. The maximum Gasteiger partial charge on any atom is 0.126 e. The summed E-state index contributed by atoms with van der Waals surface area (Å²) in [6.07, 6.45) is 1.11. The zero-order chi connectivity index (χ0) is 15.4. The quantitative estimate of drug-likeness (QED) is 0.882. The summed E-state index contributed by atoms with van der Waals surface area (Å²) in [5.41, 5.74) is 7.36. The highest BCUT2D eigenvalue weighted by Gasteiger charge is 2.21. The summed E-state index contributed by atoms with van der Waals surface area (Å²) in [5, 5.41) is 2.37. The van der Waals surface area contributed by atoms with Crippen LogP contribution in [0.5, 0.6) is 5.75 Å². The van der Waals surface area contributed by atoms with Crippen molar-refractivity contribution in [1.29, 1.82) is 0 Å². The van der Waals surface area contributed by atoms with Crippen molar-refractivity contribution in [3.63, 3.8) is 0 Å². The molecule has 3 nitrogen and oxygen atoms in total. The minimum Gasteiger partial charge on any atom is -0.496 e. The fourth-order valence-corrected chi connectivity index (χ4v) is 2.87. The van der Waals surface area contributed by atoms with Crippen molar-refractivity contribution in [3.05, 3.63) is 42.0 Å². The molecule has 21 heavy (non-hydrogen) atoms. The monoisotopic (exact) mass is 286 g/mol. The van der Waals surface area contributed by atoms with E-state index in [4.69, 9.17) is 10.5 Å². The van der Waals surface area contributed by atoms with Gasteiger partial charge >= 0.3 is 0 Å². The summed E-state index contributed by atoms with van der Waals surface area (Å²) < 4.78 is 5.48. The topological polar surface area (TPSA) is 38.5 Å². The molecular weight excluding hydrogens is 260 g/mol.